The maximum Gasteiger partial charge on any atom is 0.320 e. The van der Waals surface area contributed by atoms with Gasteiger partial charge in [-0.2, -0.15) is 0 Å². The molecule has 1 rings (SSSR count). The van der Waals surface area contributed by atoms with E-state index in [0.29, 0.717) is 13.2 Å². The number of hydrogen-bond donors (Lipinski definition) is 1. The molecule has 64 valence electrons. The highest BCUT2D eigenvalue weighted by Crippen LogP contribution is 1.96. The maximum absolute atomic E-state index is 10.8. The lowest BCUT2D eigenvalue weighted by Crippen LogP contribution is -2.42. The van der Waals surface area contributed by atoms with Gasteiger partial charge in [-0.15, -0.1) is 0 Å². The first kappa shape index (κ1) is 8.49. The smallest absolute Gasteiger partial charge is 0.320 e. The average Bonchev–Trinajstić information content (AvgIpc) is 2.01. The van der Waals surface area contributed by atoms with Crippen LogP contribution in [0, 0.1) is 0 Å². The SMILES string of the molecule is CNCCN1CCOC(=O)C1. The monoisotopic (exact) mass is 158 g/mol. The second-order valence-corrected chi connectivity index (χ2v) is 2.60. The molecule has 0 radical (unpaired) electrons. The number of esters is 1. The summed E-state index contributed by atoms with van der Waals surface area (Å²) >= 11 is 0. The van der Waals surface area contributed by atoms with Gasteiger partial charge < -0.3 is 10.1 Å². The van der Waals surface area contributed by atoms with Crippen LogP contribution in [0.25, 0.3) is 0 Å². The molecule has 0 atom stereocenters. The van der Waals surface area contributed by atoms with E-state index >= 15 is 0 Å². The molecule has 1 N–H and O–H groups in total. The molecule has 0 amide bonds. The van der Waals surface area contributed by atoms with E-state index in [1.165, 1.54) is 0 Å². The summed E-state index contributed by atoms with van der Waals surface area (Å²) in [5, 5.41) is 3.04. The van der Waals surface area contributed by atoms with E-state index in [0.717, 1.165) is 19.6 Å². The number of rotatable bonds is 3. The van der Waals surface area contributed by atoms with Crippen molar-refractivity contribution < 1.29 is 9.53 Å². The van der Waals surface area contributed by atoms with Gasteiger partial charge in [-0.25, -0.2) is 0 Å². The third kappa shape index (κ3) is 2.86. The highest BCUT2D eigenvalue weighted by molar-refractivity contribution is 5.72. The molecule has 0 saturated carbocycles. The van der Waals surface area contributed by atoms with Gasteiger partial charge in [0.1, 0.15) is 6.61 Å². The summed E-state index contributed by atoms with van der Waals surface area (Å²) in [6, 6.07) is 0. The van der Waals surface area contributed by atoms with E-state index in [1.54, 1.807) is 0 Å². The molecule has 0 spiro atoms. The highest BCUT2D eigenvalue weighted by Gasteiger charge is 2.16. The van der Waals surface area contributed by atoms with Crippen molar-refractivity contribution >= 4 is 5.97 Å². The van der Waals surface area contributed by atoms with Crippen LogP contribution >= 0.6 is 0 Å². The Hall–Kier alpha value is -0.610. The molecule has 11 heavy (non-hydrogen) atoms. The van der Waals surface area contributed by atoms with Crippen LogP contribution in [-0.4, -0.2) is 50.7 Å². The van der Waals surface area contributed by atoms with Crippen molar-refractivity contribution in [2.75, 3.05) is 39.8 Å². The lowest BCUT2D eigenvalue weighted by molar-refractivity contribution is -0.150. The predicted octanol–water partition coefficient (Wildman–Crippen LogP) is -0.935. The fourth-order valence-corrected chi connectivity index (χ4v) is 1.06. The number of nitrogens with one attached hydrogen (secondary N) is 1. The summed E-state index contributed by atoms with van der Waals surface area (Å²) in [6.45, 7) is 3.70. The van der Waals surface area contributed by atoms with Crippen molar-refractivity contribution in [1.29, 1.82) is 0 Å². The maximum atomic E-state index is 10.8. The Morgan fingerprint density at radius 1 is 1.73 bits per heavy atom. The summed E-state index contributed by atoms with van der Waals surface area (Å²) in [5.41, 5.74) is 0. The zero-order valence-corrected chi connectivity index (χ0v) is 6.80. The molecule has 0 aromatic heterocycles. The van der Waals surface area contributed by atoms with Crippen molar-refractivity contribution in [1.82, 2.24) is 10.2 Å². The zero-order chi connectivity index (χ0) is 8.10. The van der Waals surface area contributed by atoms with Gasteiger partial charge in [0.2, 0.25) is 0 Å². The molecule has 4 heteroatoms. The van der Waals surface area contributed by atoms with Crippen LogP contribution in [-0.2, 0) is 9.53 Å². The van der Waals surface area contributed by atoms with Crippen LogP contribution < -0.4 is 5.32 Å². The molecule has 0 aliphatic carbocycles. The standard InChI is InChI=1S/C7H14N2O2/c1-8-2-3-9-4-5-11-7(10)6-9/h8H,2-6H2,1H3. The van der Waals surface area contributed by atoms with E-state index in [2.05, 4.69) is 10.2 Å². The molecule has 0 aromatic carbocycles. The second-order valence-electron chi connectivity index (χ2n) is 2.60. The molecule has 0 aromatic rings. The molecular formula is C7H14N2O2. The topological polar surface area (TPSA) is 41.6 Å². The molecule has 0 bridgehead atoms. The molecule has 1 saturated heterocycles. The molecule has 4 nitrogen and oxygen atoms in total. The predicted molar refractivity (Wildman–Crippen MR) is 41.3 cm³/mol. The Morgan fingerprint density at radius 3 is 3.18 bits per heavy atom. The molecular weight excluding hydrogens is 144 g/mol. The normalized spacial score (nSPS) is 19.9. The summed E-state index contributed by atoms with van der Waals surface area (Å²) in [5.74, 6) is -0.104. The van der Waals surface area contributed by atoms with Crippen LogP contribution in [0.2, 0.25) is 0 Å². The van der Waals surface area contributed by atoms with Crippen LogP contribution in [0.3, 0.4) is 0 Å². The molecule has 1 heterocycles. The van der Waals surface area contributed by atoms with E-state index in [9.17, 15) is 4.79 Å². The zero-order valence-electron chi connectivity index (χ0n) is 6.80. The minimum Gasteiger partial charge on any atom is -0.463 e. The van der Waals surface area contributed by atoms with Gasteiger partial charge in [-0.05, 0) is 7.05 Å². The van der Waals surface area contributed by atoms with Gasteiger partial charge in [0.05, 0.1) is 6.54 Å². The molecule has 0 unspecified atom stereocenters. The molecule has 1 aliphatic heterocycles. The Bertz CT molecular complexity index is 138. The van der Waals surface area contributed by atoms with Gasteiger partial charge in [-0.1, -0.05) is 0 Å². The lowest BCUT2D eigenvalue weighted by Gasteiger charge is -2.25. The quantitative estimate of drug-likeness (QED) is 0.538. The number of carbonyl (C=O) groups is 1. The summed E-state index contributed by atoms with van der Waals surface area (Å²) in [4.78, 5) is 12.8. The first-order chi connectivity index (χ1) is 5.33. The van der Waals surface area contributed by atoms with Gasteiger partial charge >= 0.3 is 5.97 Å². The van der Waals surface area contributed by atoms with Crippen molar-refractivity contribution in [2.45, 2.75) is 0 Å². The summed E-state index contributed by atoms with van der Waals surface area (Å²) in [6.07, 6.45) is 0. The number of carbonyl (C=O) groups excluding carboxylic acids is 1. The third-order valence-corrected chi connectivity index (χ3v) is 1.70. The first-order valence-electron chi connectivity index (χ1n) is 3.85. The third-order valence-electron chi connectivity index (χ3n) is 1.70. The largest absolute Gasteiger partial charge is 0.463 e. The number of hydrogen-bond acceptors (Lipinski definition) is 4. The van der Waals surface area contributed by atoms with Gasteiger partial charge in [0.15, 0.2) is 0 Å². The van der Waals surface area contributed by atoms with E-state index in [-0.39, 0.29) is 5.97 Å². The van der Waals surface area contributed by atoms with Crippen molar-refractivity contribution in [2.24, 2.45) is 0 Å². The first-order valence-corrected chi connectivity index (χ1v) is 3.85. The fraction of sp³-hybridized carbons (Fsp3) is 0.857. The van der Waals surface area contributed by atoms with Crippen molar-refractivity contribution in [3.05, 3.63) is 0 Å². The summed E-state index contributed by atoms with van der Waals surface area (Å²) in [7, 11) is 1.91. The number of nitrogens with zero attached hydrogens (tertiary/aromatic N) is 1. The van der Waals surface area contributed by atoms with Crippen molar-refractivity contribution in [3.8, 4) is 0 Å². The van der Waals surface area contributed by atoms with Crippen LogP contribution in [0.15, 0.2) is 0 Å². The molecule has 1 fully saturated rings. The Kier molecular flexibility index (Phi) is 3.32. The van der Waals surface area contributed by atoms with Crippen LogP contribution in [0.5, 0.6) is 0 Å². The highest BCUT2D eigenvalue weighted by atomic mass is 16.5. The van der Waals surface area contributed by atoms with Crippen LogP contribution in [0.1, 0.15) is 0 Å². The second kappa shape index (κ2) is 4.31. The Labute approximate surface area is 66.5 Å². The van der Waals surface area contributed by atoms with Gasteiger partial charge in [0, 0.05) is 19.6 Å². The molecule has 1 aliphatic rings. The van der Waals surface area contributed by atoms with Gasteiger partial charge in [0.25, 0.3) is 0 Å². The number of ether oxygens (including phenoxy) is 1. The summed E-state index contributed by atoms with van der Waals surface area (Å²) < 4.78 is 4.79. The lowest BCUT2D eigenvalue weighted by atomic mass is 10.4. The number of likely N-dealkylation sites (N-methyl/N-ethyl adjacent to an activating group) is 1. The van der Waals surface area contributed by atoms with E-state index < -0.39 is 0 Å². The van der Waals surface area contributed by atoms with E-state index in [4.69, 9.17) is 4.74 Å². The van der Waals surface area contributed by atoms with Crippen molar-refractivity contribution in [3.63, 3.8) is 0 Å². The van der Waals surface area contributed by atoms with Gasteiger partial charge in [-0.3, -0.25) is 9.69 Å². The Balaban J connectivity index is 2.17. The number of morpholine rings is 1. The minimum atomic E-state index is -0.104. The number of cyclic esters (lactones) is 1. The fourth-order valence-electron chi connectivity index (χ4n) is 1.06. The van der Waals surface area contributed by atoms with Crippen LogP contribution in [0.4, 0.5) is 0 Å². The van der Waals surface area contributed by atoms with E-state index in [1.807, 2.05) is 7.05 Å². The average molecular weight is 158 g/mol. The minimum absolute atomic E-state index is 0.104. The Morgan fingerprint density at radius 2 is 2.55 bits per heavy atom.